The van der Waals surface area contributed by atoms with E-state index in [4.69, 9.17) is 9.15 Å². The number of amides is 1. The highest BCUT2D eigenvalue weighted by atomic mass is 32.2. The van der Waals surface area contributed by atoms with E-state index >= 15 is 0 Å². The van der Waals surface area contributed by atoms with Crippen LogP contribution in [-0.4, -0.2) is 57.5 Å². The van der Waals surface area contributed by atoms with Crippen LogP contribution < -0.4 is 9.64 Å². The number of methoxy groups -OCH3 is 1. The fourth-order valence-corrected chi connectivity index (χ4v) is 5.06. The van der Waals surface area contributed by atoms with Crippen LogP contribution in [0.15, 0.2) is 62.9 Å². The van der Waals surface area contributed by atoms with Crippen LogP contribution in [-0.2, 0) is 14.6 Å². The number of anilines is 1. The number of sulfone groups is 1. The highest BCUT2D eigenvalue weighted by Crippen LogP contribution is 2.35. The number of aromatic nitrogens is 1. The van der Waals surface area contributed by atoms with Crippen molar-refractivity contribution in [3.8, 4) is 17.2 Å². The summed E-state index contributed by atoms with van der Waals surface area (Å²) in [4.78, 5) is 20.3. The van der Waals surface area contributed by atoms with Crippen LogP contribution in [0.2, 0.25) is 0 Å². The van der Waals surface area contributed by atoms with Crippen LogP contribution in [0.5, 0.6) is 5.75 Å². The number of piperazine rings is 1. The molecular weight excluding hydrogens is 442 g/mol. The van der Waals surface area contributed by atoms with Crippen LogP contribution in [0.25, 0.3) is 11.5 Å². The zero-order chi connectivity index (χ0) is 23.6. The molecule has 0 N–H and O–H groups in total. The fourth-order valence-electron chi connectivity index (χ4n) is 3.74. The lowest BCUT2D eigenvalue weighted by Gasteiger charge is -2.34. The molecule has 0 spiro atoms. The van der Waals surface area contributed by atoms with Crippen molar-refractivity contribution in [2.75, 3.05) is 38.2 Å². The van der Waals surface area contributed by atoms with Gasteiger partial charge >= 0.3 is 0 Å². The molecule has 1 aliphatic rings. The van der Waals surface area contributed by atoms with E-state index in [9.17, 15) is 13.2 Å². The summed E-state index contributed by atoms with van der Waals surface area (Å²) >= 11 is 0. The maximum Gasteiger partial charge on any atom is 0.236 e. The molecule has 1 aliphatic heterocycles. The van der Waals surface area contributed by atoms with Gasteiger partial charge in [-0.05, 0) is 43.3 Å². The van der Waals surface area contributed by atoms with E-state index in [0.29, 0.717) is 43.9 Å². The predicted molar refractivity (Wildman–Crippen MR) is 124 cm³/mol. The second-order valence-corrected chi connectivity index (χ2v) is 9.76. The molecule has 1 amide bonds. The van der Waals surface area contributed by atoms with Crippen LogP contribution in [0.4, 0.5) is 5.88 Å². The average Bonchev–Trinajstić information content (AvgIpc) is 3.30. The largest absolute Gasteiger partial charge is 0.497 e. The summed E-state index contributed by atoms with van der Waals surface area (Å²) in [5.74, 6) is 1.17. The molecule has 3 aromatic rings. The van der Waals surface area contributed by atoms with E-state index in [0.717, 1.165) is 5.56 Å². The summed E-state index contributed by atoms with van der Waals surface area (Å²) in [5.41, 5.74) is 1.60. The van der Waals surface area contributed by atoms with Crippen molar-refractivity contribution in [1.82, 2.24) is 9.88 Å². The molecule has 2 aromatic carbocycles. The Morgan fingerprint density at radius 3 is 2.24 bits per heavy atom. The zero-order valence-corrected chi connectivity index (χ0v) is 19.8. The molecule has 4 rings (SSSR count). The number of nitrogens with zero attached hydrogens (tertiary/aromatic N) is 3. The molecule has 0 atom stereocenters. The molecule has 0 unspecified atom stereocenters. The van der Waals surface area contributed by atoms with Crippen molar-refractivity contribution in [1.29, 1.82) is 0 Å². The SMILES string of the molecule is CCC(=O)N1CCN(c2oc(-c3ccc(OC)cc3)nc2S(=O)(=O)c2ccc(C)cc2)CC1. The number of hydrogen-bond acceptors (Lipinski definition) is 7. The van der Waals surface area contributed by atoms with Gasteiger partial charge in [0.2, 0.25) is 32.5 Å². The fraction of sp³-hybridized carbons (Fsp3) is 0.333. The monoisotopic (exact) mass is 469 g/mol. The lowest BCUT2D eigenvalue weighted by atomic mass is 10.2. The number of ether oxygens (including phenoxy) is 1. The first-order valence-corrected chi connectivity index (χ1v) is 12.3. The number of carbonyl (C=O) groups excluding carboxylic acids is 1. The number of benzene rings is 2. The van der Waals surface area contributed by atoms with Gasteiger partial charge in [-0.25, -0.2) is 8.42 Å². The van der Waals surface area contributed by atoms with Crippen LogP contribution in [0, 0.1) is 6.92 Å². The lowest BCUT2D eigenvalue weighted by molar-refractivity contribution is -0.131. The summed E-state index contributed by atoms with van der Waals surface area (Å²) < 4.78 is 38.3. The minimum Gasteiger partial charge on any atom is -0.497 e. The average molecular weight is 470 g/mol. The van der Waals surface area contributed by atoms with Gasteiger partial charge in [-0.1, -0.05) is 24.6 Å². The molecule has 0 aliphatic carbocycles. The number of rotatable bonds is 6. The van der Waals surface area contributed by atoms with E-state index in [-0.39, 0.29) is 27.6 Å². The van der Waals surface area contributed by atoms with Crippen LogP contribution in [0.1, 0.15) is 18.9 Å². The normalized spacial score (nSPS) is 14.4. The first kappa shape index (κ1) is 22.8. The van der Waals surface area contributed by atoms with E-state index < -0.39 is 9.84 Å². The van der Waals surface area contributed by atoms with Gasteiger partial charge < -0.3 is 19.0 Å². The minimum absolute atomic E-state index is 0.0821. The van der Waals surface area contributed by atoms with Crippen molar-refractivity contribution in [3.63, 3.8) is 0 Å². The molecule has 0 bridgehead atoms. The maximum atomic E-state index is 13.5. The van der Waals surface area contributed by atoms with Gasteiger partial charge in [0.15, 0.2) is 0 Å². The Morgan fingerprint density at radius 1 is 1.03 bits per heavy atom. The van der Waals surface area contributed by atoms with Gasteiger partial charge in [-0.15, -0.1) is 0 Å². The summed E-state index contributed by atoms with van der Waals surface area (Å²) in [6.07, 6.45) is 0.441. The number of hydrogen-bond donors (Lipinski definition) is 0. The second kappa shape index (κ2) is 9.27. The van der Waals surface area contributed by atoms with Crippen LogP contribution in [0.3, 0.4) is 0 Å². The highest BCUT2D eigenvalue weighted by Gasteiger charge is 2.33. The molecule has 174 valence electrons. The summed E-state index contributed by atoms with van der Waals surface area (Å²) in [5, 5.41) is -0.118. The molecule has 1 saturated heterocycles. The van der Waals surface area contributed by atoms with Crippen molar-refractivity contribution in [2.24, 2.45) is 0 Å². The molecule has 1 aromatic heterocycles. The molecule has 0 radical (unpaired) electrons. The van der Waals surface area contributed by atoms with Crippen molar-refractivity contribution < 1.29 is 22.4 Å². The van der Waals surface area contributed by atoms with E-state index in [1.807, 2.05) is 18.7 Å². The third-order valence-corrected chi connectivity index (χ3v) is 7.39. The Hall–Kier alpha value is -3.33. The minimum atomic E-state index is -3.92. The summed E-state index contributed by atoms with van der Waals surface area (Å²) in [6, 6.07) is 13.7. The van der Waals surface area contributed by atoms with Crippen molar-refractivity contribution in [3.05, 3.63) is 54.1 Å². The Kier molecular flexibility index (Phi) is 6.42. The van der Waals surface area contributed by atoms with Crippen molar-refractivity contribution in [2.45, 2.75) is 30.2 Å². The molecule has 9 heteroatoms. The van der Waals surface area contributed by atoms with Gasteiger partial charge in [0.05, 0.1) is 12.0 Å². The summed E-state index contributed by atoms with van der Waals surface area (Å²) in [7, 11) is -2.35. The topological polar surface area (TPSA) is 92.9 Å². The molecule has 8 nitrogen and oxygen atoms in total. The summed E-state index contributed by atoms with van der Waals surface area (Å²) in [6.45, 7) is 5.64. The van der Waals surface area contributed by atoms with Gasteiger partial charge in [0.25, 0.3) is 0 Å². The molecule has 0 saturated carbocycles. The quantitative estimate of drug-likeness (QED) is 0.545. The zero-order valence-electron chi connectivity index (χ0n) is 18.9. The smallest absolute Gasteiger partial charge is 0.236 e. The third-order valence-electron chi connectivity index (χ3n) is 5.72. The van der Waals surface area contributed by atoms with E-state index in [1.54, 1.807) is 60.5 Å². The first-order valence-electron chi connectivity index (χ1n) is 10.8. The third kappa shape index (κ3) is 4.59. The molecule has 1 fully saturated rings. The second-order valence-electron chi connectivity index (χ2n) is 7.90. The van der Waals surface area contributed by atoms with Gasteiger partial charge in [-0.3, -0.25) is 4.79 Å². The van der Waals surface area contributed by atoms with E-state index in [1.165, 1.54) is 0 Å². The maximum absolute atomic E-state index is 13.5. The van der Waals surface area contributed by atoms with Gasteiger partial charge in [0, 0.05) is 38.2 Å². The Balaban J connectivity index is 1.74. The molecular formula is C24H27N3O5S. The molecule has 2 heterocycles. The Labute approximate surface area is 193 Å². The number of aryl methyl sites for hydroxylation is 1. The standard InChI is InChI=1S/C24H27N3O5S/c1-4-21(28)26-13-15-27(16-14-26)24-23(33(29,30)20-11-5-17(2)6-12-20)25-22(32-24)18-7-9-19(31-3)10-8-18/h5-12H,4,13-16H2,1-3H3. The number of carbonyl (C=O) groups is 1. The van der Waals surface area contributed by atoms with E-state index in [2.05, 4.69) is 4.98 Å². The highest BCUT2D eigenvalue weighted by molar-refractivity contribution is 7.91. The Morgan fingerprint density at radius 2 is 1.67 bits per heavy atom. The van der Waals surface area contributed by atoms with Gasteiger partial charge in [0.1, 0.15) is 5.75 Å². The Bertz CT molecular complexity index is 1230. The lowest BCUT2D eigenvalue weighted by Crippen LogP contribution is -2.48. The van der Waals surface area contributed by atoms with Crippen molar-refractivity contribution >= 4 is 21.6 Å². The predicted octanol–water partition coefficient (Wildman–Crippen LogP) is 3.55. The molecule has 33 heavy (non-hydrogen) atoms. The van der Waals surface area contributed by atoms with Gasteiger partial charge in [-0.2, -0.15) is 4.98 Å². The van der Waals surface area contributed by atoms with Crippen LogP contribution >= 0.6 is 0 Å². The number of oxazole rings is 1. The first-order chi connectivity index (χ1) is 15.8.